The maximum absolute atomic E-state index is 9.15. The second-order valence-corrected chi connectivity index (χ2v) is 5.25. The third kappa shape index (κ3) is 4.15. The van der Waals surface area contributed by atoms with E-state index in [1.165, 1.54) is 0 Å². The first-order valence-corrected chi connectivity index (χ1v) is 7.44. The predicted molar refractivity (Wildman–Crippen MR) is 82.7 cm³/mol. The third-order valence-corrected chi connectivity index (χ3v) is 3.22. The highest BCUT2D eigenvalue weighted by atomic mass is 79.9. The minimum absolute atomic E-state index is 0.0453. The van der Waals surface area contributed by atoms with Gasteiger partial charge in [-0.3, -0.25) is 0 Å². The number of ether oxygens (including phenoxy) is 2. The van der Waals surface area contributed by atoms with Crippen LogP contribution in [0, 0.1) is 0 Å². The lowest BCUT2D eigenvalue weighted by atomic mass is 10.2. The molecule has 0 saturated heterocycles. The van der Waals surface area contributed by atoms with Crippen molar-refractivity contribution in [2.45, 2.75) is 26.4 Å². The number of aliphatic hydroxyl groups is 1. The Morgan fingerprint density at radius 1 is 1.19 bits per heavy atom. The first kappa shape index (κ1) is 15.7. The van der Waals surface area contributed by atoms with Crippen molar-refractivity contribution in [1.29, 1.82) is 0 Å². The number of rotatable bonds is 6. The summed E-state index contributed by atoms with van der Waals surface area (Å²) in [5.41, 5.74) is 0.759. The van der Waals surface area contributed by atoms with E-state index in [4.69, 9.17) is 14.6 Å². The summed E-state index contributed by atoms with van der Waals surface area (Å²) in [6.07, 6.45) is 1.75. The van der Waals surface area contributed by atoms with Gasteiger partial charge in [0.1, 0.15) is 10.4 Å². The highest BCUT2D eigenvalue weighted by molar-refractivity contribution is 9.10. The minimum Gasteiger partial charge on any atom is -0.493 e. The Morgan fingerprint density at radius 3 is 2.67 bits per heavy atom. The summed E-state index contributed by atoms with van der Waals surface area (Å²) in [5, 5.41) is 9.15. The first-order valence-electron chi connectivity index (χ1n) is 6.65. The Kier molecular flexibility index (Phi) is 5.52. The summed E-state index contributed by atoms with van der Waals surface area (Å²) < 4.78 is 11.7. The fourth-order valence-electron chi connectivity index (χ4n) is 1.84. The Morgan fingerprint density at radius 2 is 2.00 bits per heavy atom. The number of halogens is 1. The summed E-state index contributed by atoms with van der Waals surface area (Å²) in [6, 6.07) is 6.97. The average Bonchev–Trinajstić information content (AvgIpc) is 2.47. The Hall–Kier alpha value is -1.66. The summed E-state index contributed by atoms with van der Waals surface area (Å²) >= 11 is 3.36. The maximum atomic E-state index is 9.15. The Balaban J connectivity index is 2.29. The quantitative estimate of drug-likeness (QED) is 0.806. The van der Waals surface area contributed by atoms with E-state index in [0.29, 0.717) is 22.0 Å². The molecule has 6 heteroatoms. The number of hydrogen-bond donors (Lipinski definition) is 1. The predicted octanol–water partition coefficient (Wildman–Crippen LogP) is 3.48. The van der Waals surface area contributed by atoms with Crippen LogP contribution in [-0.2, 0) is 13.0 Å². The minimum atomic E-state index is -0.0453. The van der Waals surface area contributed by atoms with Gasteiger partial charge in [-0.25, -0.2) is 4.98 Å². The molecule has 1 N–H and O–H groups in total. The van der Waals surface area contributed by atoms with E-state index >= 15 is 0 Å². The van der Waals surface area contributed by atoms with Crippen LogP contribution >= 0.6 is 15.9 Å². The molecule has 0 aliphatic carbocycles. The van der Waals surface area contributed by atoms with E-state index in [1.807, 2.05) is 0 Å². The highest BCUT2D eigenvalue weighted by Crippen LogP contribution is 2.32. The SMILES string of the molecule is CCCc1nc(Br)cc(Oc2ccc(CO)cc2OC)n1. The van der Waals surface area contributed by atoms with Crippen LogP contribution in [-0.4, -0.2) is 22.2 Å². The molecule has 0 saturated carbocycles. The summed E-state index contributed by atoms with van der Waals surface area (Å²) in [7, 11) is 1.56. The molecule has 5 nitrogen and oxygen atoms in total. The van der Waals surface area contributed by atoms with Gasteiger partial charge in [0, 0.05) is 12.5 Å². The molecule has 1 aromatic heterocycles. The zero-order valence-corrected chi connectivity index (χ0v) is 13.6. The molecule has 112 valence electrons. The molecule has 0 aliphatic rings. The maximum Gasteiger partial charge on any atom is 0.223 e. The van der Waals surface area contributed by atoms with E-state index < -0.39 is 0 Å². The van der Waals surface area contributed by atoms with Crippen molar-refractivity contribution >= 4 is 15.9 Å². The lowest BCUT2D eigenvalue weighted by Crippen LogP contribution is -1.99. The van der Waals surface area contributed by atoms with Crippen LogP contribution in [0.2, 0.25) is 0 Å². The molecular formula is C15H17BrN2O3. The number of benzene rings is 1. The van der Waals surface area contributed by atoms with Crippen LogP contribution in [0.1, 0.15) is 24.7 Å². The monoisotopic (exact) mass is 352 g/mol. The zero-order valence-electron chi connectivity index (χ0n) is 12.0. The van der Waals surface area contributed by atoms with E-state index in [-0.39, 0.29) is 6.61 Å². The van der Waals surface area contributed by atoms with Gasteiger partial charge in [0.15, 0.2) is 11.5 Å². The van der Waals surface area contributed by atoms with Gasteiger partial charge >= 0.3 is 0 Å². The smallest absolute Gasteiger partial charge is 0.223 e. The average molecular weight is 353 g/mol. The number of aliphatic hydroxyl groups excluding tert-OH is 1. The fraction of sp³-hybridized carbons (Fsp3) is 0.333. The van der Waals surface area contributed by atoms with Crippen molar-refractivity contribution < 1.29 is 14.6 Å². The van der Waals surface area contributed by atoms with Gasteiger partial charge in [0.05, 0.1) is 13.7 Å². The third-order valence-electron chi connectivity index (χ3n) is 2.82. The Labute approximate surface area is 132 Å². The van der Waals surface area contributed by atoms with Gasteiger partial charge in [-0.2, -0.15) is 4.98 Å². The van der Waals surface area contributed by atoms with Crippen LogP contribution < -0.4 is 9.47 Å². The first-order chi connectivity index (χ1) is 10.2. The van der Waals surface area contributed by atoms with Crippen molar-refractivity contribution in [3.8, 4) is 17.4 Å². The molecule has 0 atom stereocenters. The molecule has 21 heavy (non-hydrogen) atoms. The number of nitrogens with zero attached hydrogens (tertiary/aromatic N) is 2. The van der Waals surface area contributed by atoms with Crippen LogP contribution in [0.5, 0.6) is 17.4 Å². The van der Waals surface area contributed by atoms with Crippen molar-refractivity contribution in [2.75, 3.05) is 7.11 Å². The molecule has 2 rings (SSSR count). The second kappa shape index (κ2) is 7.38. The molecule has 0 unspecified atom stereocenters. The lowest BCUT2D eigenvalue weighted by Gasteiger charge is -2.11. The molecule has 0 bridgehead atoms. The molecule has 1 heterocycles. The van der Waals surface area contributed by atoms with Gasteiger partial charge < -0.3 is 14.6 Å². The standard InChI is InChI=1S/C15H17BrN2O3/c1-3-4-14-17-13(16)8-15(18-14)21-11-6-5-10(9-19)7-12(11)20-2/h5-8,19H,3-4,9H2,1-2H3. The van der Waals surface area contributed by atoms with Crippen molar-refractivity contribution in [3.63, 3.8) is 0 Å². The van der Waals surface area contributed by atoms with Crippen LogP contribution in [0.4, 0.5) is 0 Å². The summed E-state index contributed by atoms with van der Waals surface area (Å²) in [6.45, 7) is 2.03. The van der Waals surface area contributed by atoms with Gasteiger partial charge in [-0.1, -0.05) is 13.0 Å². The van der Waals surface area contributed by atoms with E-state index in [9.17, 15) is 0 Å². The van der Waals surface area contributed by atoms with Gasteiger partial charge in [0.2, 0.25) is 5.88 Å². The van der Waals surface area contributed by atoms with E-state index in [2.05, 4.69) is 32.8 Å². The molecule has 1 aromatic carbocycles. The van der Waals surface area contributed by atoms with E-state index in [0.717, 1.165) is 24.2 Å². The fourth-order valence-corrected chi connectivity index (χ4v) is 2.24. The number of aromatic nitrogens is 2. The van der Waals surface area contributed by atoms with Gasteiger partial charge in [0.25, 0.3) is 0 Å². The zero-order chi connectivity index (χ0) is 15.2. The normalized spacial score (nSPS) is 10.5. The number of methoxy groups -OCH3 is 1. The van der Waals surface area contributed by atoms with Crippen LogP contribution in [0.25, 0.3) is 0 Å². The molecule has 0 aliphatic heterocycles. The van der Waals surface area contributed by atoms with Crippen molar-refractivity contribution in [2.24, 2.45) is 0 Å². The topological polar surface area (TPSA) is 64.5 Å². The van der Waals surface area contributed by atoms with Gasteiger partial charge in [-0.05, 0) is 40.0 Å². The number of aryl methyl sites for hydroxylation is 1. The Bertz CT molecular complexity index is 620. The molecule has 0 amide bonds. The van der Waals surface area contributed by atoms with Crippen LogP contribution in [0.15, 0.2) is 28.9 Å². The lowest BCUT2D eigenvalue weighted by molar-refractivity contribution is 0.280. The molecule has 0 fully saturated rings. The van der Waals surface area contributed by atoms with Gasteiger partial charge in [-0.15, -0.1) is 0 Å². The largest absolute Gasteiger partial charge is 0.493 e. The number of hydrogen-bond acceptors (Lipinski definition) is 5. The summed E-state index contributed by atoms with van der Waals surface area (Å²) in [5.74, 6) is 2.28. The van der Waals surface area contributed by atoms with Crippen LogP contribution in [0.3, 0.4) is 0 Å². The molecular weight excluding hydrogens is 336 g/mol. The highest BCUT2D eigenvalue weighted by Gasteiger charge is 2.10. The van der Waals surface area contributed by atoms with Crippen molar-refractivity contribution in [1.82, 2.24) is 9.97 Å². The molecule has 0 spiro atoms. The van der Waals surface area contributed by atoms with E-state index in [1.54, 1.807) is 31.4 Å². The second-order valence-electron chi connectivity index (χ2n) is 4.44. The molecule has 0 radical (unpaired) electrons. The van der Waals surface area contributed by atoms with Crippen molar-refractivity contribution in [3.05, 3.63) is 40.3 Å². The molecule has 2 aromatic rings. The summed E-state index contributed by atoms with van der Waals surface area (Å²) in [4.78, 5) is 8.66.